The topological polar surface area (TPSA) is 117 Å². The van der Waals surface area contributed by atoms with Gasteiger partial charge in [0.25, 0.3) is 17.4 Å². The Morgan fingerprint density at radius 3 is 2.79 bits per heavy atom. The summed E-state index contributed by atoms with van der Waals surface area (Å²) in [5, 5.41) is 24.5. The number of nitriles is 1. The van der Waals surface area contributed by atoms with E-state index in [0.717, 1.165) is 44.5 Å². The average molecular weight is 464 g/mol. The lowest BCUT2D eigenvalue weighted by Gasteiger charge is -2.23. The van der Waals surface area contributed by atoms with Crippen LogP contribution in [0.2, 0.25) is 5.02 Å². The molecule has 2 aliphatic rings. The summed E-state index contributed by atoms with van der Waals surface area (Å²) in [7, 11) is 0. The maximum atomic E-state index is 9.55. The number of aromatic nitrogens is 4. The zero-order valence-electron chi connectivity index (χ0n) is 17.8. The van der Waals surface area contributed by atoms with Gasteiger partial charge in [0.15, 0.2) is 5.82 Å². The van der Waals surface area contributed by atoms with E-state index in [1.54, 1.807) is 12.1 Å². The van der Waals surface area contributed by atoms with Crippen molar-refractivity contribution in [3.05, 3.63) is 45.9 Å². The van der Waals surface area contributed by atoms with Crippen LogP contribution in [0, 0.1) is 17.9 Å². The fraction of sp³-hybridized carbons (Fsp3) is 0.409. The zero-order chi connectivity index (χ0) is 22.8. The van der Waals surface area contributed by atoms with Crippen molar-refractivity contribution in [3.8, 4) is 6.07 Å². The number of halogens is 1. The van der Waals surface area contributed by atoms with Crippen molar-refractivity contribution in [2.75, 3.05) is 23.8 Å². The molecule has 1 aliphatic carbocycles. The molecule has 0 spiro atoms. The Bertz CT molecular complexity index is 1270. The van der Waals surface area contributed by atoms with Gasteiger partial charge in [-0.15, -0.1) is 4.52 Å². The largest absolute Gasteiger partial charge is 0.381 e. The summed E-state index contributed by atoms with van der Waals surface area (Å²) in [6.07, 6.45) is 5.49. The van der Waals surface area contributed by atoms with E-state index in [1.807, 2.05) is 0 Å². The number of hydrogen-bond donors (Lipinski definition) is 3. The second-order valence-corrected chi connectivity index (χ2v) is 8.55. The average Bonchev–Trinajstić information content (AvgIpc) is 3.56. The van der Waals surface area contributed by atoms with E-state index in [1.165, 1.54) is 10.7 Å². The third-order valence-electron chi connectivity index (χ3n) is 5.70. The second kappa shape index (κ2) is 9.20. The third kappa shape index (κ3) is 4.69. The van der Waals surface area contributed by atoms with Gasteiger partial charge in [0.05, 0.1) is 28.5 Å². The van der Waals surface area contributed by atoms with Crippen LogP contribution in [0.4, 0.5) is 23.3 Å². The normalized spacial score (nSPS) is 16.3. The van der Waals surface area contributed by atoms with Crippen LogP contribution in [0.25, 0.3) is 10.5 Å². The number of imidazole rings is 1. The minimum absolute atomic E-state index is 0.258. The predicted octanol–water partition coefficient (Wildman–Crippen LogP) is 3.79. The maximum Gasteiger partial charge on any atom is 0.275 e. The molecule has 1 aromatic carbocycles. The molecule has 0 unspecified atom stereocenters. The van der Waals surface area contributed by atoms with E-state index in [4.69, 9.17) is 22.9 Å². The molecule has 2 fully saturated rings. The summed E-state index contributed by atoms with van der Waals surface area (Å²) in [6, 6.07) is 6.35. The number of hydrogen-bond acceptors (Lipinski definition) is 8. The summed E-state index contributed by atoms with van der Waals surface area (Å²) in [5.74, 6) is 1.10. The number of ether oxygens (including phenoxy) is 1. The summed E-state index contributed by atoms with van der Waals surface area (Å²) in [4.78, 5) is 12.4. The van der Waals surface area contributed by atoms with E-state index >= 15 is 0 Å². The highest BCUT2D eigenvalue weighted by Crippen LogP contribution is 2.32. The quantitative estimate of drug-likeness (QED) is 0.453. The van der Waals surface area contributed by atoms with Crippen molar-refractivity contribution >= 4 is 40.5 Å². The molecular weight excluding hydrogens is 442 g/mol. The van der Waals surface area contributed by atoms with E-state index < -0.39 is 0 Å². The molecule has 3 heterocycles. The van der Waals surface area contributed by atoms with Crippen LogP contribution in [0.15, 0.2) is 18.3 Å². The molecule has 3 aromatic rings. The molecule has 0 bridgehead atoms. The van der Waals surface area contributed by atoms with Crippen molar-refractivity contribution in [1.29, 1.82) is 5.26 Å². The van der Waals surface area contributed by atoms with Gasteiger partial charge in [-0.25, -0.2) is 4.98 Å². The molecule has 1 aliphatic heterocycles. The lowest BCUT2D eigenvalue weighted by molar-refractivity contribution is 0.0776. The lowest BCUT2D eigenvalue weighted by Crippen LogP contribution is -2.34. The Hall–Kier alpha value is -3.44. The fourth-order valence-electron chi connectivity index (χ4n) is 3.76. The highest BCUT2D eigenvalue weighted by molar-refractivity contribution is 6.34. The molecule has 168 valence electrons. The number of fused-ring (bicyclic) bond motifs is 1. The zero-order valence-corrected chi connectivity index (χ0v) is 18.6. The Labute approximate surface area is 195 Å². The van der Waals surface area contributed by atoms with E-state index in [0.29, 0.717) is 46.4 Å². The Morgan fingerprint density at radius 2 is 2.06 bits per heavy atom. The van der Waals surface area contributed by atoms with Crippen LogP contribution in [0.5, 0.6) is 0 Å². The molecule has 1 saturated carbocycles. The second-order valence-electron chi connectivity index (χ2n) is 8.17. The van der Waals surface area contributed by atoms with E-state index in [-0.39, 0.29) is 11.8 Å². The van der Waals surface area contributed by atoms with Crippen molar-refractivity contribution in [1.82, 2.24) is 24.9 Å². The van der Waals surface area contributed by atoms with Crippen molar-refractivity contribution in [3.63, 3.8) is 0 Å². The number of nitrogens with zero attached hydrogens (tertiary/aromatic N) is 6. The van der Waals surface area contributed by atoms with Gasteiger partial charge in [-0.05, 0) is 43.4 Å². The van der Waals surface area contributed by atoms with Gasteiger partial charge >= 0.3 is 0 Å². The first-order valence-electron chi connectivity index (χ1n) is 10.8. The van der Waals surface area contributed by atoms with Gasteiger partial charge in [0, 0.05) is 31.8 Å². The van der Waals surface area contributed by atoms with Gasteiger partial charge in [0.1, 0.15) is 0 Å². The Balaban J connectivity index is 1.45. The lowest BCUT2D eigenvalue weighted by atomic mass is 10.1. The van der Waals surface area contributed by atoms with Crippen LogP contribution in [0.3, 0.4) is 0 Å². The number of nitrogens with one attached hydrogen (secondary N) is 3. The van der Waals surface area contributed by atoms with Crippen LogP contribution in [-0.4, -0.2) is 44.9 Å². The smallest absolute Gasteiger partial charge is 0.275 e. The summed E-state index contributed by atoms with van der Waals surface area (Å²) < 4.78 is 6.87. The van der Waals surface area contributed by atoms with Crippen LogP contribution < -0.4 is 16.0 Å². The first-order valence-corrected chi connectivity index (χ1v) is 11.2. The third-order valence-corrected chi connectivity index (χ3v) is 6.15. The summed E-state index contributed by atoms with van der Waals surface area (Å²) >= 11 is 6.72. The van der Waals surface area contributed by atoms with Gasteiger partial charge in [0.2, 0.25) is 0 Å². The van der Waals surface area contributed by atoms with Crippen LogP contribution in [0.1, 0.15) is 36.8 Å². The molecule has 5 rings (SSSR count). The molecule has 1 saturated heterocycles. The molecule has 11 heteroatoms. The predicted molar refractivity (Wildman–Crippen MR) is 124 cm³/mol. The highest BCUT2D eigenvalue weighted by Gasteiger charge is 2.25. The molecule has 0 amide bonds. The van der Waals surface area contributed by atoms with Crippen LogP contribution in [-0.2, 0) is 11.3 Å². The SMILES string of the molecule is [C-]#[N+]c1cnc2c(NC3CC3)nc(Nc3cc(C#N)cc(CNC4CCOCC4)c3Cl)nn12. The molecular formula is C22H22ClN9O. The molecule has 3 N–H and O–H groups in total. The molecule has 0 radical (unpaired) electrons. The number of benzene rings is 1. The summed E-state index contributed by atoms with van der Waals surface area (Å²) in [5.41, 5.74) is 2.32. The van der Waals surface area contributed by atoms with E-state index in [2.05, 4.69) is 41.9 Å². The summed E-state index contributed by atoms with van der Waals surface area (Å²) in [6.45, 7) is 9.42. The van der Waals surface area contributed by atoms with E-state index in [9.17, 15) is 5.26 Å². The molecule has 33 heavy (non-hydrogen) atoms. The fourth-order valence-corrected chi connectivity index (χ4v) is 3.99. The maximum absolute atomic E-state index is 9.55. The van der Waals surface area contributed by atoms with Crippen molar-refractivity contribution in [2.45, 2.75) is 44.3 Å². The Morgan fingerprint density at radius 1 is 1.24 bits per heavy atom. The van der Waals surface area contributed by atoms with Crippen LogP contribution >= 0.6 is 11.6 Å². The minimum atomic E-state index is 0.258. The molecule has 0 atom stereocenters. The molecule has 2 aromatic heterocycles. The number of anilines is 3. The first kappa shape index (κ1) is 21.4. The van der Waals surface area contributed by atoms with Crippen molar-refractivity contribution in [2.24, 2.45) is 0 Å². The monoisotopic (exact) mass is 463 g/mol. The van der Waals surface area contributed by atoms with Gasteiger partial charge in [-0.2, -0.15) is 10.2 Å². The standard InChI is InChI=1S/C22H22ClN9O/c1-25-18-12-27-21-20(28-16-2-3-16)30-22(31-32(18)21)29-17-9-13(10-24)8-14(19(17)23)11-26-15-4-6-33-7-5-15/h8-9,12,15-16,26H,2-7,11H2,(H2,28,29,30,31). The van der Waals surface area contributed by atoms with Crippen molar-refractivity contribution < 1.29 is 4.74 Å². The highest BCUT2D eigenvalue weighted by atomic mass is 35.5. The molecule has 10 nitrogen and oxygen atoms in total. The Kier molecular flexibility index (Phi) is 5.97. The van der Waals surface area contributed by atoms with Gasteiger partial charge < -0.3 is 25.5 Å². The first-order chi connectivity index (χ1) is 16.1. The minimum Gasteiger partial charge on any atom is -0.381 e. The number of rotatable bonds is 7. The van der Waals surface area contributed by atoms with Gasteiger partial charge in [-0.3, -0.25) is 0 Å². The van der Waals surface area contributed by atoms with Gasteiger partial charge in [-0.1, -0.05) is 23.3 Å².